The zero-order chi connectivity index (χ0) is 26.7. The summed E-state index contributed by atoms with van der Waals surface area (Å²) in [5, 5.41) is 11.2. The minimum atomic E-state index is -0.793. The van der Waals surface area contributed by atoms with E-state index in [-0.39, 0.29) is 18.0 Å². The minimum absolute atomic E-state index is 0.0620. The van der Waals surface area contributed by atoms with Gasteiger partial charge in [-0.2, -0.15) is 0 Å². The van der Waals surface area contributed by atoms with Crippen LogP contribution in [0.3, 0.4) is 0 Å². The van der Waals surface area contributed by atoms with E-state index < -0.39 is 41.5 Å². The predicted molar refractivity (Wildman–Crippen MR) is 139 cm³/mol. The molecule has 3 heterocycles. The van der Waals surface area contributed by atoms with Crippen molar-refractivity contribution in [3.63, 3.8) is 0 Å². The van der Waals surface area contributed by atoms with Crippen molar-refractivity contribution in [3.05, 3.63) is 51.5 Å². The molecule has 2 aromatic rings. The Morgan fingerprint density at radius 3 is 2.54 bits per heavy atom. The number of ether oxygens (including phenoxy) is 2. The summed E-state index contributed by atoms with van der Waals surface area (Å²) < 4.78 is 10.9. The predicted octanol–water partition coefficient (Wildman–Crippen LogP) is 2.88. The van der Waals surface area contributed by atoms with E-state index in [1.807, 2.05) is 37.3 Å². The Bertz CT molecular complexity index is 1240. The van der Waals surface area contributed by atoms with Gasteiger partial charge in [0, 0.05) is 10.7 Å². The van der Waals surface area contributed by atoms with Crippen LogP contribution in [0.2, 0.25) is 0 Å². The largest absolute Gasteiger partial charge is 0.427 e. The van der Waals surface area contributed by atoms with Crippen molar-refractivity contribution in [2.75, 3.05) is 12.5 Å². The van der Waals surface area contributed by atoms with Gasteiger partial charge in [0.05, 0.1) is 11.8 Å². The number of carbonyl (C=O) groups excluding carboxylic acids is 4. The van der Waals surface area contributed by atoms with E-state index in [1.54, 1.807) is 20.8 Å². The zero-order valence-electron chi connectivity index (χ0n) is 20.7. The molecule has 10 nitrogen and oxygen atoms in total. The number of fused-ring (bicyclic) bond motifs is 1. The number of benzene rings is 1. The van der Waals surface area contributed by atoms with Gasteiger partial charge in [0.15, 0.2) is 4.34 Å². The second kappa shape index (κ2) is 11.2. The summed E-state index contributed by atoms with van der Waals surface area (Å²) in [6, 6.07) is 8.46. The molecule has 2 aliphatic rings. The van der Waals surface area contributed by atoms with Gasteiger partial charge in [0.2, 0.25) is 12.7 Å². The van der Waals surface area contributed by atoms with E-state index in [0.29, 0.717) is 15.0 Å². The fourth-order valence-corrected chi connectivity index (χ4v) is 6.96. The van der Waals surface area contributed by atoms with Crippen LogP contribution < -0.4 is 5.32 Å². The van der Waals surface area contributed by atoms with Crippen LogP contribution in [0.25, 0.3) is 0 Å². The van der Waals surface area contributed by atoms with Crippen molar-refractivity contribution in [1.29, 1.82) is 0 Å². The molecule has 2 aliphatic heterocycles. The second-order valence-corrected chi connectivity index (χ2v) is 12.9. The quantitative estimate of drug-likeness (QED) is 0.291. The summed E-state index contributed by atoms with van der Waals surface area (Å²) in [5.41, 5.74) is 0.139. The third kappa shape index (κ3) is 6.33. The summed E-state index contributed by atoms with van der Waals surface area (Å²) in [6.07, 6.45) is 0.142. The summed E-state index contributed by atoms with van der Waals surface area (Å²) >= 11 is 4.04. The third-order valence-electron chi connectivity index (χ3n) is 5.36. The van der Waals surface area contributed by atoms with Crippen LogP contribution in [0.15, 0.2) is 45.3 Å². The van der Waals surface area contributed by atoms with Crippen molar-refractivity contribution in [1.82, 2.24) is 20.4 Å². The van der Waals surface area contributed by atoms with E-state index >= 15 is 0 Å². The average molecular weight is 563 g/mol. The Morgan fingerprint density at radius 2 is 1.89 bits per heavy atom. The van der Waals surface area contributed by atoms with Crippen molar-refractivity contribution < 1.29 is 28.7 Å². The first kappa shape index (κ1) is 27.1. The number of nitrogens with one attached hydrogen (secondary N) is 1. The monoisotopic (exact) mass is 562 g/mol. The molecule has 2 amide bonds. The molecule has 1 fully saturated rings. The molecule has 0 saturated carbocycles. The number of thioether (sulfide) groups is 2. The average Bonchev–Trinajstić information content (AvgIpc) is 3.26. The SMILES string of the molecule is Cc1nnc(SC2=C(C(=O)OCOC(=O)C(C)(C)C)N3C(=O)[C@@H](NC(=O)Cc4ccccc4)[C@H]3SC2)s1. The summed E-state index contributed by atoms with van der Waals surface area (Å²) in [6.45, 7) is 6.30. The maximum atomic E-state index is 13.2. The highest BCUT2D eigenvalue weighted by Gasteiger charge is 2.54. The number of aryl methyl sites for hydroxylation is 1. The molecule has 1 aromatic heterocycles. The normalized spacial score (nSPS) is 19.1. The van der Waals surface area contributed by atoms with Gasteiger partial charge in [-0.15, -0.1) is 22.0 Å². The van der Waals surface area contributed by atoms with Gasteiger partial charge in [-0.25, -0.2) is 4.79 Å². The molecule has 0 bridgehead atoms. The highest BCUT2D eigenvalue weighted by Crippen LogP contribution is 2.45. The van der Waals surface area contributed by atoms with Gasteiger partial charge >= 0.3 is 11.9 Å². The van der Waals surface area contributed by atoms with E-state index in [9.17, 15) is 19.2 Å². The smallest absolute Gasteiger partial charge is 0.358 e. The van der Waals surface area contributed by atoms with Gasteiger partial charge in [0.25, 0.3) is 5.91 Å². The van der Waals surface area contributed by atoms with Crippen LogP contribution in [-0.2, 0) is 35.1 Å². The number of hydrogen-bond acceptors (Lipinski definition) is 11. The van der Waals surface area contributed by atoms with Gasteiger partial charge in [-0.05, 0) is 33.3 Å². The van der Waals surface area contributed by atoms with E-state index in [0.717, 1.165) is 10.6 Å². The van der Waals surface area contributed by atoms with Crippen molar-refractivity contribution in [2.45, 2.75) is 49.9 Å². The Morgan fingerprint density at radius 1 is 1.16 bits per heavy atom. The van der Waals surface area contributed by atoms with Crippen LogP contribution in [0.5, 0.6) is 0 Å². The molecule has 1 N–H and O–H groups in total. The van der Waals surface area contributed by atoms with Crippen molar-refractivity contribution in [2.24, 2.45) is 5.41 Å². The first-order valence-corrected chi connectivity index (χ1v) is 14.1. The van der Waals surface area contributed by atoms with Gasteiger partial charge in [0.1, 0.15) is 22.1 Å². The van der Waals surface area contributed by atoms with Crippen LogP contribution in [0.4, 0.5) is 0 Å². The Hall–Kier alpha value is -2.90. The Kier molecular flexibility index (Phi) is 8.24. The zero-order valence-corrected chi connectivity index (χ0v) is 23.1. The molecule has 0 unspecified atom stereocenters. The molecular weight excluding hydrogens is 536 g/mol. The lowest BCUT2D eigenvalue weighted by Crippen LogP contribution is -2.70. The van der Waals surface area contributed by atoms with Crippen LogP contribution >= 0.6 is 34.9 Å². The lowest BCUT2D eigenvalue weighted by atomic mass is 9.98. The van der Waals surface area contributed by atoms with Crippen molar-refractivity contribution >= 4 is 58.6 Å². The number of amides is 2. The molecule has 1 saturated heterocycles. The molecular formula is C24H26N4O6S3. The molecule has 4 rings (SSSR count). The van der Waals surface area contributed by atoms with Gasteiger partial charge in [-0.1, -0.05) is 53.4 Å². The van der Waals surface area contributed by atoms with E-state index in [2.05, 4.69) is 15.5 Å². The van der Waals surface area contributed by atoms with Crippen LogP contribution in [0.1, 0.15) is 31.3 Å². The topological polar surface area (TPSA) is 128 Å². The number of carbonyl (C=O) groups is 4. The maximum Gasteiger partial charge on any atom is 0.358 e. The summed E-state index contributed by atoms with van der Waals surface area (Å²) in [4.78, 5) is 52.8. The van der Waals surface area contributed by atoms with Gasteiger partial charge in [-0.3, -0.25) is 19.3 Å². The fourth-order valence-electron chi connectivity index (χ4n) is 3.51. The van der Waals surface area contributed by atoms with Crippen molar-refractivity contribution in [3.8, 4) is 0 Å². The lowest BCUT2D eigenvalue weighted by Gasteiger charge is -2.49. The van der Waals surface area contributed by atoms with Gasteiger partial charge < -0.3 is 14.8 Å². The van der Waals surface area contributed by atoms with Crippen LogP contribution in [0, 0.1) is 12.3 Å². The Balaban J connectivity index is 1.48. The fraction of sp³-hybridized carbons (Fsp3) is 0.417. The van der Waals surface area contributed by atoms with E-state index in [1.165, 1.54) is 39.8 Å². The maximum absolute atomic E-state index is 13.2. The first-order valence-electron chi connectivity index (χ1n) is 11.4. The van der Waals surface area contributed by atoms with Crippen LogP contribution in [-0.4, -0.2) is 62.8 Å². The number of nitrogens with zero attached hydrogens (tertiary/aromatic N) is 3. The molecule has 196 valence electrons. The Labute approximate surface area is 226 Å². The highest BCUT2D eigenvalue weighted by molar-refractivity contribution is 8.07. The third-order valence-corrected chi connectivity index (χ3v) is 8.80. The molecule has 0 spiro atoms. The standard InChI is InChI=1S/C24H26N4O6S3/c1-13-26-27-23(36-13)37-15-11-35-20-17(25-16(29)10-14-8-6-5-7-9-14)19(30)28(20)18(15)21(31)33-12-34-22(32)24(2,3)4/h5-9,17,20H,10-12H2,1-4H3,(H,25,29)/t17-,20-/m1/s1. The molecule has 1 aromatic carbocycles. The summed E-state index contributed by atoms with van der Waals surface area (Å²) in [5.74, 6) is -1.61. The summed E-state index contributed by atoms with van der Waals surface area (Å²) in [7, 11) is 0. The number of β-lactam (4-membered cyclic amide) rings is 1. The number of esters is 2. The second-order valence-electron chi connectivity index (χ2n) is 9.31. The number of rotatable bonds is 8. The molecule has 2 atom stereocenters. The molecule has 0 aliphatic carbocycles. The molecule has 13 heteroatoms. The number of aromatic nitrogens is 2. The highest BCUT2D eigenvalue weighted by atomic mass is 32.2. The van der Waals surface area contributed by atoms with E-state index in [4.69, 9.17) is 9.47 Å². The molecule has 0 radical (unpaired) electrons. The molecule has 37 heavy (non-hydrogen) atoms. The lowest BCUT2D eigenvalue weighted by molar-refractivity contribution is -0.173. The minimum Gasteiger partial charge on any atom is -0.427 e. The number of hydrogen-bond donors (Lipinski definition) is 1. The first-order chi connectivity index (χ1) is 17.5.